The molecule has 1 aromatic heterocycles. The summed E-state index contributed by atoms with van der Waals surface area (Å²) in [4.78, 5) is 50.7. The average molecular weight is 616 g/mol. The number of esters is 1. The predicted octanol–water partition coefficient (Wildman–Crippen LogP) is 3.62. The first-order valence-electron chi connectivity index (χ1n) is 14.2. The Labute approximate surface area is 252 Å². The van der Waals surface area contributed by atoms with E-state index in [9.17, 15) is 23.9 Å². The number of rotatable bonds is 10. The Morgan fingerprint density at radius 1 is 1.33 bits per heavy atom. The number of likely N-dealkylation sites (tertiary alicyclic amines) is 2. The number of thiazole rings is 1. The van der Waals surface area contributed by atoms with E-state index in [0.29, 0.717) is 27.7 Å². The molecule has 0 unspecified atom stereocenters. The number of carbonyl (C=O) groups is 3. The van der Waals surface area contributed by atoms with Gasteiger partial charge in [0.25, 0.3) is 5.91 Å². The van der Waals surface area contributed by atoms with Crippen LogP contribution in [0.25, 0.3) is 0 Å². The first-order chi connectivity index (χ1) is 20.4. The highest BCUT2D eigenvalue weighted by Gasteiger charge is 2.60. The van der Waals surface area contributed by atoms with Crippen LogP contribution >= 0.6 is 11.3 Å². The van der Waals surface area contributed by atoms with Crippen LogP contribution in [0.4, 0.5) is 8.78 Å². The van der Waals surface area contributed by atoms with Crippen LogP contribution in [0.1, 0.15) is 55.8 Å². The second-order valence-electron chi connectivity index (χ2n) is 11.7. The van der Waals surface area contributed by atoms with E-state index in [1.807, 2.05) is 4.90 Å². The molecule has 3 atom stereocenters. The number of nitrogens with zero attached hydrogens (tertiary/aromatic N) is 4. The number of halogens is 2. The monoisotopic (exact) mass is 615 g/mol. The molecule has 1 amide bonds. The van der Waals surface area contributed by atoms with Crippen molar-refractivity contribution in [2.45, 2.75) is 58.3 Å². The second-order valence-corrected chi connectivity index (χ2v) is 12.6. The number of amides is 1. The van der Waals surface area contributed by atoms with E-state index in [4.69, 9.17) is 9.73 Å². The first-order valence-corrected chi connectivity index (χ1v) is 15.1. The van der Waals surface area contributed by atoms with Gasteiger partial charge in [0.15, 0.2) is 10.8 Å². The van der Waals surface area contributed by atoms with Crippen molar-refractivity contribution in [2.75, 3.05) is 32.8 Å². The number of benzene rings is 1. The number of aliphatic carboxylic acids is 1. The molecule has 0 radical (unpaired) electrons. The molecule has 2 N–H and O–H groups in total. The summed E-state index contributed by atoms with van der Waals surface area (Å²) in [6.07, 6.45) is 1.77. The Morgan fingerprint density at radius 2 is 2.09 bits per heavy atom. The van der Waals surface area contributed by atoms with Crippen LogP contribution in [0, 0.1) is 18.2 Å². The number of alkyl halides is 1. The minimum Gasteiger partial charge on any atom is -0.481 e. The van der Waals surface area contributed by atoms with Crippen molar-refractivity contribution in [1.29, 1.82) is 0 Å². The lowest BCUT2D eigenvalue weighted by atomic mass is 9.89. The molecule has 3 aliphatic rings. The van der Waals surface area contributed by atoms with Crippen LogP contribution in [0.2, 0.25) is 0 Å². The van der Waals surface area contributed by atoms with Gasteiger partial charge < -0.3 is 20.1 Å². The normalized spacial score (nSPS) is 24.2. The number of hydrogen-bond acceptors (Lipinski definition) is 9. The molecular formula is C30H35F2N5O5S. The Hall–Kier alpha value is -3.71. The number of aliphatic imine (C=N–C) groups is 1. The molecule has 10 nitrogen and oxygen atoms in total. The molecule has 0 aliphatic carbocycles. The quantitative estimate of drug-likeness (QED) is 0.389. The summed E-state index contributed by atoms with van der Waals surface area (Å²) in [6, 6.07) is 2.89. The van der Waals surface area contributed by atoms with Crippen LogP contribution in [0.15, 0.2) is 46.0 Å². The number of carboxylic acid groups (broad SMARTS) is 1. The van der Waals surface area contributed by atoms with Gasteiger partial charge in [-0.15, -0.1) is 11.3 Å². The Balaban J connectivity index is 1.50. The number of nitrogens with one attached hydrogen (secondary N) is 1. The number of ether oxygens (including phenoxy) is 1. The van der Waals surface area contributed by atoms with Crippen molar-refractivity contribution in [2.24, 2.45) is 10.4 Å². The third kappa shape index (κ3) is 5.67. The summed E-state index contributed by atoms with van der Waals surface area (Å²) in [5.41, 5.74) is -1.78. The van der Waals surface area contributed by atoms with E-state index in [1.165, 1.54) is 22.3 Å². The zero-order chi connectivity index (χ0) is 31.1. The number of carbonyl (C=O) groups excluding carboxylic acids is 2. The van der Waals surface area contributed by atoms with Crippen LogP contribution in [0.5, 0.6) is 0 Å². The fourth-order valence-electron chi connectivity index (χ4n) is 5.85. The zero-order valence-corrected chi connectivity index (χ0v) is 25.3. The van der Waals surface area contributed by atoms with Gasteiger partial charge in [-0.3, -0.25) is 19.5 Å². The lowest BCUT2D eigenvalue weighted by molar-refractivity contribution is -0.148. The van der Waals surface area contributed by atoms with Gasteiger partial charge in [0.1, 0.15) is 11.9 Å². The number of fused-ring (bicyclic) bond motifs is 1. The first kappa shape index (κ1) is 30.7. The third-order valence-electron chi connectivity index (χ3n) is 8.58. The summed E-state index contributed by atoms with van der Waals surface area (Å²) >= 11 is 1.34. The van der Waals surface area contributed by atoms with Gasteiger partial charge in [-0.1, -0.05) is 12.1 Å². The molecular weight excluding hydrogens is 580 g/mol. The SMILES string of the molecule is CCOC(=O)C1=C(CN2CC[C@]3(F)C(=O)N(CCC(C)(C)C(=O)O)C[C@H]23)NC(c2nccs2)=N[C@H]1c1cccc(F)c1C. The summed E-state index contributed by atoms with van der Waals surface area (Å²) in [6.45, 7) is 7.09. The van der Waals surface area contributed by atoms with Gasteiger partial charge in [-0.2, -0.15) is 0 Å². The summed E-state index contributed by atoms with van der Waals surface area (Å²) in [5, 5.41) is 15.1. The van der Waals surface area contributed by atoms with Gasteiger partial charge in [0, 0.05) is 49.9 Å². The second kappa shape index (κ2) is 11.8. The van der Waals surface area contributed by atoms with E-state index >= 15 is 4.39 Å². The predicted molar refractivity (Wildman–Crippen MR) is 156 cm³/mol. The molecule has 4 heterocycles. The van der Waals surface area contributed by atoms with Crippen molar-refractivity contribution in [3.05, 3.63) is 63.0 Å². The van der Waals surface area contributed by atoms with Crippen molar-refractivity contribution in [3.63, 3.8) is 0 Å². The standard InChI is InChI=1S/C30H35F2N5O5S/c1-5-42-26(38)22-20(34-24(25-33-11-14-43-25)35-23(22)18-7-6-8-19(31)17(18)2)15-36-13-10-30(32)21(36)16-37(27(30)39)12-9-29(3,4)28(40)41/h6-8,11,14,21,23H,5,9-10,12-13,15-16H2,1-4H3,(H,34,35)(H,40,41)/t21-,23-,30+/m0/s1. The van der Waals surface area contributed by atoms with Crippen molar-refractivity contribution >= 4 is 35.0 Å². The minimum absolute atomic E-state index is 0.0306. The smallest absolute Gasteiger partial charge is 0.338 e. The Morgan fingerprint density at radius 3 is 2.77 bits per heavy atom. The number of carboxylic acids is 1. The van der Waals surface area contributed by atoms with Crippen LogP contribution < -0.4 is 5.32 Å². The highest BCUT2D eigenvalue weighted by molar-refractivity contribution is 7.11. The fraction of sp³-hybridized carbons (Fsp3) is 0.500. The largest absolute Gasteiger partial charge is 0.481 e. The fourth-order valence-corrected chi connectivity index (χ4v) is 6.44. The molecule has 230 valence electrons. The van der Waals surface area contributed by atoms with Crippen LogP contribution in [-0.4, -0.2) is 88.1 Å². The molecule has 0 spiro atoms. The molecule has 1 aromatic carbocycles. The van der Waals surface area contributed by atoms with Crippen LogP contribution in [0.3, 0.4) is 0 Å². The topological polar surface area (TPSA) is 124 Å². The van der Waals surface area contributed by atoms with E-state index in [2.05, 4.69) is 10.3 Å². The Bertz CT molecular complexity index is 1490. The van der Waals surface area contributed by atoms with E-state index in [0.717, 1.165) is 0 Å². The van der Waals surface area contributed by atoms with E-state index < -0.39 is 46.8 Å². The lowest BCUT2D eigenvalue weighted by Gasteiger charge is -2.32. The average Bonchev–Trinajstić information content (AvgIpc) is 3.66. The summed E-state index contributed by atoms with van der Waals surface area (Å²) < 4.78 is 36.4. The van der Waals surface area contributed by atoms with Crippen molar-refractivity contribution < 1.29 is 33.0 Å². The zero-order valence-electron chi connectivity index (χ0n) is 24.5. The minimum atomic E-state index is -2.13. The highest BCUT2D eigenvalue weighted by Crippen LogP contribution is 2.42. The molecule has 2 fully saturated rings. The molecule has 2 aromatic rings. The van der Waals surface area contributed by atoms with Gasteiger partial charge in [-0.05, 0) is 51.3 Å². The number of hydrogen-bond donors (Lipinski definition) is 2. The van der Waals surface area contributed by atoms with Crippen LogP contribution in [-0.2, 0) is 19.1 Å². The summed E-state index contributed by atoms with van der Waals surface area (Å²) in [5.74, 6) is -2.32. The number of amidine groups is 1. The van der Waals surface area contributed by atoms with E-state index in [-0.39, 0.29) is 51.2 Å². The van der Waals surface area contributed by atoms with Gasteiger partial charge in [0.2, 0.25) is 5.67 Å². The van der Waals surface area contributed by atoms with Gasteiger partial charge in [-0.25, -0.2) is 18.6 Å². The van der Waals surface area contributed by atoms with Gasteiger partial charge >= 0.3 is 11.9 Å². The maximum Gasteiger partial charge on any atom is 0.338 e. The maximum absolute atomic E-state index is 16.3. The molecule has 0 bridgehead atoms. The van der Waals surface area contributed by atoms with Crippen molar-refractivity contribution in [1.82, 2.24) is 20.1 Å². The third-order valence-corrected chi connectivity index (χ3v) is 9.36. The maximum atomic E-state index is 16.3. The molecule has 0 saturated carbocycles. The molecule has 3 aliphatic heterocycles. The van der Waals surface area contributed by atoms with Crippen molar-refractivity contribution in [3.8, 4) is 0 Å². The highest BCUT2D eigenvalue weighted by atomic mass is 32.1. The lowest BCUT2D eigenvalue weighted by Crippen LogP contribution is -2.45. The molecule has 43 heavy (non-hydrogen) atoms. The van der Waals surface area contributed by atoms with E-state index in [1.54, 1.807) is 51.4 Å². The van der Waals surface area contributed by atoms with Gasteiger partial charge in [0.05, 0.1) is 23.6 Å². The Kier molecular flexibility index (Phi) is 8.41. The summed E-state index contributed by atoms with van der Waals surface area (Å²) in [7, 11) is 0. The number of aromatic nitrogens is 1. The molecule has 13 heteroatoms. The molecule has 2 saturated heterocycles. The molecule has 5 rings (SSSR count).